The van der Waals surface area contributed by atoms with Gasteiger partial charge in [0.15, 0.2) is 6.23 Å². The van der Waals surface area contributed by atoms with Crippen LogP contribution in [0.4, 0.5) is 0 Å². The summed E-state index contributed by atoms with van der Waals surface area (Å²) in [6.45, 7) is 5.44. The number of nitrogens with zero attached hydrogens (tertiary/aromatic N) is 1. The van der Waals surface area contributed by atoms with Gasteiger partial charge in [0.05, 0.1) is 5.76 Å². The second-order valence-electron chi connectivity index (χ2n) is 3.98. The molecule has 5 nitrogen and oxygen atoms in total. The molecule has 1 fully saturated rings. The molecule has 2 unspecified atom stereocenters. The first-order valence-electron chi connectivity index (χ1n) is 4.75. The zero-order valence-electron chi connectivity index (χ0n) is 8.70. The molecule has 1 aliphatic rings. The molecule has 1 aromatic rings. The first kappa shape index (κ1) is 11.0. The van der Waals surface area contributed by atoms with E-state index in [9.17, 15) is 9.59 Å². The van der Waals surface area contributed by atoms with Crippen LogP contribution in [0.5, 0.6) is 0 Å². The van der Waals surface area contributed by atoms with Crippen molar-refractivity contribution in [3.05, 3.63) is 45.4 Å². The third-order valence-corrected chi connectivity index (χ3v) is 2.76. The van der Waals surface area contributed by atoms with Gasteiger partial charge >= 0.3 is 5.69 Å². The molecule has 2 rings (SSSR count). The Labute approximate surface area is 96.3 Å². The first-order chi connectivity index (χ1) is 7.40. The van der Waals surface area contributed by atoms with Gasteiger partial charge in [-0.2, -0.15) is 0 Å². The number of nitrogens with one attached hydrogen (secondary N) is 1. The molecule has 1 N–H and O–H groups in total. The molecular weight excluding hydrogens is 232 g/mol. The van der Waals surface area contributed by atoms with Crippen molar-refractivity contribution in [1.82, 2.24) is 9.55 Å². The molecule has 1 aromatic heterocycles. The minimum atomic E-state index is -0.737. The number of hydrogen-bond donors (Lipinski definition) is 1. The van der Waals surface area contributed by atoms with Crippen molar-refractivity contribution >= 4 is 11.6 Å². The minimum Gasteiger partial charge on any atom is -0.473 e. The molecular formula is C10H11ClN2O3. The van der Waals surface area contributed by atoms with E-state index in [0.29, 0.717) is 12.2 Å². The van der Waals surface area contributed by atoms with Gasteiger partial charge in [0.25, 0.3) is 5.56 Å². The average molecular weight is 243 g/mol. The van der Waals surface area contributed by atoms with Crippen LogP contribution < -0.4 is 11.2 Å². The van der Waals surface area contributed by atoms with Crippen molar-refractivity contribution in [2.45, 2.75) is 24.4 Å². The molecule has 6 heteroatoms. The van der Waals surface area contributed by atoms with Gasteiger partial charge in [0, 0.05) is 18.7 Å². The largest absolute Gasteiger partial charge is 0.473 e. The SMILES string of the molecule is C=C1CC(C)(Cl)C(n2ccc(=O)[nH]c2=O)O1. The van der Waals surface area contributed by atoms with Crippen molar-refractivity contribution in [2.75, 3.05) is 0 Å². The molecule has 86 valence electrons. The monoisotopic (exact) mass is 242 g/mol. The van der Waals surface area contributed by atoms with Crippen molar-refractivity contribution < 1.29 is 4.74 Å². The predicted molar refractivity (Wildman–Crippen MR) is 59.5 cm³/mol. The molecule has 0 spiro atoms. The molecule has 1 saturated heterocycles. The van der Waals surface area contributed by atoms with Crippen LogP contribution in [-0.4, -0.2) is 14.4 Å². The van der Waals surface area contributed by atoms with Crippen LogP contribution in [0.15, 0.2) is 34.2 Å². The summed E-state index contributed by atoms with van der Waals surface area (Å²) in [5.41, 5.74) is -0.992. The number of aromatic nitrogens is 2. The Balaban J connectivity index is 2.49. The Morgan fingerprint density at radius 1 is 1.69 bits per heavy atom. The molecule has 0 amide bonds. The summed E-state index contributed by atoms with van der Waals surface area (Å²) >= 11 is 6.24. The van der Waals surface area contributed by atoms with Crippen LogP contribution in [0.2, 0.25) is 0 Å². The molecule has 1 aliphatic heterocycles. The Bertz CT molecular complexity index is 543. The molecule has 0 radical (unpaired) electrons. The number of aromatic amines is 1. The van der Waals surface area contributed by atoms with E-state index in [1.165, 1.54) is 16.8 Å². The van der Waals surface area contributed by atoms with E-state index in [4.69, 9.17) is 16.3 Å². The lowest BCUT2D eigenvalue weighted by Crippen LogP contribution is -2.37. The zero-order valence-corrected chi connectivity index (χ0v) is 9.45. The number of allylic oxidation sites excluding steroid dienone is 1. The van der Waals surface area contributed by atoms with Crippen molar-refractivity contribution in [1.29, 1.82) is 0 Å². The molecule has 0 saturated carbocycles. The summed E-state index contributed by atoms with van der Waals surface area (Å²) in [6.07, 6.45) is 1.18. The summed E-state index contributed by atoms with van der Waals surface area (Å²) in [6, 6.07) is 1.25. The van der Waals surface area contributed by atoms with Crippen molar-refractivity contribution in [2.24, 2.45) is 0 Å². The van der Waals surface area contributed by atoms with E-state index >= 15 is 0 Å². The lowest BCUT2D eigenvalue weighted by atomic mass is 10.1. The normalized spacial score (nSPS) is 29.1. The third-order valence-electron chi connectivity index (χ3n) is 2.44. The van der Waals surface area contributed by atoms with E-state index in [-0.39, 0.29) is 0 Å². The number of alkyl halides is 1. The Morgan fingerprint density at radius 3 is 2.88 bits per heavy atom. The summed E-state index contributed by atoms with van der Waals surface area (Å²) in [5.74, 6) is 0.528. The number of H-pyrrole nitrogens is 1. The lowest BCUT2D eigenvalue weighted by molar-refractivity contribution is 0.0752. The van der Waals surface area contributed by atoms with Gasteiger partial charge in [-0.15, -0.1) is 11.6 Å². The van der Waals surface area contributed by atoms with Gasteiger partial charge in [-0.3, -0.25) is 14.3 Å². The highest BCUT2D eigenvalue weighted by atomic mass is 35.5. The first-order valence-corrected chi connectivity index (χ1v) is 5.13. The van der Waals surface area contributed by atoms with E-state index in [1.54, 1.807) is 6.92 Å². The zero-order chi connectivity index (χ0) is 11.9. The predicted octanol–water partition coefficient (Wildman–Crippen LogP) is 0.967. The standard InChI is InChI=1S/C10H11ClN2O3/c1-6-5-10(2,11)8(16-6)13-4-3-7(14)12-9(13)15/h3-4,8H,1,5H2,2H3,(H,12,14,15). The average Bonchev–Trinajstić information content (AvgIpc) is 2.39. The van der Waals surface area contributed by atoms with E-state index in [1.807, 2.05) is 0 Å². The Kier molecular flexibility index (Phi) is 2.42. The molecule has 16 heavy (non-hydrogen) atoms. The van der Waals surface area contributed by atoms with Gasteiger partial charge < -0.3 is 4.74 Å². The van der Waals surface area contributed by atoms with Crippen molar-refractivity contribution in [3.63, 3.8) is 0 Å². The van der Waals surface area contributed by atoms with Crippen LogP contribution in [-0.2, 0) is 4.74 Å². The second kappa shape index (κ2) is 3.52. The molecule has 0 bridgehead atoms. The lowest BCUT2D eigenvalue weighted by Gasteiger charge is -2.23. The van der Waals surface area contributed by atoms with Crippen LogP contribution in [0.25, 0.3) is 0 Å². The fourth-order valence-corrected chi connectivity index (χ4v) is 2.05. The number of ether oxygens (including phenoxy) is 1. The molecule has 0 aromatic carbocycles. The van der Waals surface area contributed by atoms with Crippen LogP contribution in [0.3, 0.4) is 0 Å². The highest BCUT2D eigenvalue weighted by molar-refractivity contribution is 6.24. The summed E-state index contributed by atoms with van der Waals surface area (Å²) in [5, 5.41) is 0. The van der Waals surface area contributed by atoms with Crippen LogP contribution >= 0.6 is 11.6 Å². The van der Waals surface area contributed by atoms with Crippen LogP contribution in [0.1, 0.15) is 19.6 Å². The van der Waals surface area contributed by atoms with E-state index < -0.39 is 22.4 Å². The fraction of sp³-hybridized carbons (Fsp3) is 0.400. The Morgan fingerprint density at radius 2 is 2.38 bits per heavy atom. The molecule has 0 aliphatic carbocycles. The third kappa shape index (κ3) is 1.78. The van der Waals surface area contributed by atoms with Gasteiger partial charge in [-0.25, -0.2) is 4.79 Å². The minimum absolute atomic E-state index is 0.450. The number of halogens is 1. The quantitative estimate of drug-likeness (QED) is 0.747. The van der Waals surface area contributed by atoms with Gasteiger partial charge in [-0.05, 0) is 6.92 Å². The maximum Gasteiger partial charge on any atom is 0.331 e. The maximum atomic E-state index is 11.6. The highest BCUT2D eigenvalue weighted by Crippen LogP contribution is 2.43. The molecule has 2 heterocycles. The van der Waals surface area contributed by atoms with Crippen molar-refractivity contribution in [3.8, 4) is 0 Å². The van der Waals surface area contributed by atoms with E-state index in [2.05, 4.69) is 11.6 Å². The number of rotatable bonds is 1. The summed E-state index contributed by atoms with van der Waals surface area (Å²) < 4.78 is 6.65. The fourth-order valence-electron chi connectivity index (χ4n) is 1.75. The number of hydrogen-bond acceptors (Lipinski definition) is 3. The van der Waals surface area contributed by atoms with Gasteiger partial charge in [0.1, 0.15) is 4.87 Å². The van der Waals surface area contributed by atoms with Gasteiger partial charge in [-0.1, -0.05) is 6.58 Å². The summed E-state index contributed by atoms with van der Waals surface area (Å²) in [4.78, 5) is 23.9. The van der Waals surface area contributed by atoms with Crippen LogP contribution in [0, 0.1) is 0 Å². The summed E-state index contributed by atoms with van der Waals surface area (Å²) in [7, 11) is 0. The highest BCUT2D eigenvalue weighted by Gasteiger charge is 2.43. The molecule has 2 atom stereocenters. The Hall–Kier alpha value is -1.49. The smallest absolute Gasteiger partial charge is 0.331 e. The van der Waals surface area contributed by atoms with E-state index in [0.717, 1.165) is 0 Å². The van der Waals surface area contributed by atoms with Gasteiger partial charge in [0.2, 0.25) is 0 Å². The maximum absolute atomic E-state index is 11.6. The second-order valence-corrected chi connectivity index (χ2v) is 4.84. The topological polar surface area (TPSA) is 64.1 Å².